The van der Waals surface area contributed by atoms with Crippen LogP contribution >= 0.6 is 0 Å². The predicted octanol–water partition coefficient (Wildman–Crippen LogP) is 1.25. The lowest BCUT2D eigenvalue weighted by atomic mass is 9.85. The van der Waals surface area contributed by atoms with Crippen LogP contribution in [0.25, 0.3) is 0 Å². The number of allylic oxidation sites excluding steroid dienone is 2. The zero-order chi connectivity index (χ0) is 11.0. The molecule has 80 valence electrons. The largest absolute Gasteiger partial charge is 0.285 e. The van der Waals surface area contributed by atoms with Crippen LogP contribution in [0.5, 0.6) is 0 Å². The lowest BCUT2D eigenvalue weighted by Gasteiger charge is -2.25. The second-order valence-corrected chi connectivity index (χ2v) is 10.5. The maximum Gasteiger partial charge on any atom is 0.233 e. The quantitative estimate of drug-likeness (QED) is 0.351. The molecule has 3 aliphatic heterocycles. The Bertz CT molecular complexity index is 367. The van der Waals surface area contributed by atoms with Crippen molar-refractivity contribution in [1.29, 1.82) is 0 Å². The second-order valence-electron chi connectivity index (χ2n) is 5.54. The Hall–Kier alpha value is -0.903. The molecule has 3 heterocycles. The van der Waals surface area contributed by atoms with E-state index in [4.69, 9.17) is 0 Å². The Morgan fingerprint density at radius 3 is 1.87 bits per heavy atom. The van der Waals surface area contributed by atoms with Crippen molar-refractivity contribution in [1.82, 2.24) is 4.90 Å². The van der Waals surface area contributed by atoms with E-state index in [0.29, 0.717) is 11.1 Å². The summed E-state index contributed by atoms with van der Waals surface area (Å²) in [5.41, 5.74) is 0.794. The molecule has 0 radical (unpaired) electrons. The standard InChI is InChI=1S/C11H15NO2Si/c1-12-10(13)8-6-4-5-7(15(6,2)3)9(8)11(12)14/h4-9H,1-3H3/t6-,7+,8+,9-. The molecule has 2 amide bonds. The Balaban J connectivity index is 2.11. The van der Waals surface area contributed by atoms with Gasteiger partial charge in [0.05, 0.1) is 19.9 Å². The van der Waals surface area contributed by atoms with Crippen molar-refractivity contribution >= 4 is 19.9 Å². The van der Waals surface area contributed by atoms with Crippen molar-refractivity contribution in [3.05, 3.63) is 12.2 Å². The first-order valence-corrected chi connectivity index (χ1v) is 8.61. The van der Waals surface area contributed by atoms with Gasteiger partial charge in [-0.15, -0.1) is 0 Å². The number of amides is 2. The van der Waals surface area contributed by atoms with Crippen molar-refractivity contribution in [2.75, 3.05) is 7.05 Å². The third-order valence-electron chi connectivity index (χ3n) is 4.64. The molecule has 2 fully saturated rings. The zero-order valence-electron chi connectivity index (χ0n) is 9.23. The summed E-state index contributed by atoms with van der Waals surface area (Å²) in [5.74, 6) is 0.0863. The first kappa shape index (κ1) is 9.33. The van der Waals surface area contributed by atoms with E-state index in [1.165, 1.54) is 4.90 Å². The van der Waals surface area contributed by atoms with Gasteiger partial charge < -0.3 is 0 Å². The normalized spacial score (nSPS) is 45.4. The van der Waals surface area contributed by atoms with Gasteiger partial charge in [0.1, 0.15) is 0 Å². The van der Waals surface area contributed by atoms with Crippen molar-refractivity contribution in [2.24, 2.45) is 11.8 Å². The Morgan fingerprint density at radius 1 is 1.07 bits per heavy atom. The summed E-state index contributed by atoms with van der Waals surface area (Å²) < 4.78 is 0. The maximum absolute atomic E-state index is 12.0. The molecule has 0 N–H and O–H groups in total. The fourth-order valence-corrected chi connectivity index (χ4v) is 7.95. The second kappa shape index (κ2) is 2.43. The number of rotatable bonds is 0. The zero-order valence-corrected chi connectivity index (χ0v) is 10.2. The fraction of sp³-hybridized carbons (Fsp3) is 0.636. The number of likely N-dealkylation sites (tertiary alicyclic amines) is 1. The van der Waals surface area contributed by atoms with Gasteiger partial charge in [0.25, 0.3) is 0 Å². The Morgan fingerprint density at radius 2 is 1.47 bits per heavy atom. The number of carbonyl (C=O) groups excluding carboxylic acids is 2. The van der Waals surface area contributed by atoms with Crippen LogP contribution in [0, 0.1) is 11.8 Å². The van der Waals surface area contributed by atoms with E-state index in [2.05, 4.69) is 25.2 Å². The van der Waals surface area contributed by atoms with E-state index >= 15 is 0 Å². The molecule has 2 saturated heterocycles. The highest BCUT2D eigenvalue weighted by Gasteiger charge is 2.66. The highest BCUT2D eigenvalue weighted by atomic mass is 28.3. The summed E-state index contributed by atoms with van der Waals surface area (Å²) in [4.78, 5) is 25.3. The maximum atomic E-state index is 12.0. The topological polar surface area (TPSA) is 37.4 Å². The molecule has 0 aromatic carbocycles. The number of nitrogens with zero attached hydrogens (tertiary/aromatic N) is 1. The molecule has 2 bridgehead atoms. The number of imide groups is 1. The minimum atomic E-state index is -1.42. The molecule has 0 saturated carbocycles. The van der Waals surface area contributed by atoms with Crippen LogP contribution in [0.3, 0.4) is 0 Å². The van der Waals surface area contributed by atoms with Crippen LogP contribution in [0.2, 0.25) is 24.2 Å². The molecule has 3 aliphatic rings. The molecule has 15 heavy (non-hydrogen) atoms. The van der Waals surface area contributed by atoms with Crippen molar-refractivity contribution in [2.45, 2.75) is 24.2 Å². The van der Waals surface area contributed by atoms with E-state index in [-0.39, 0.29) is 23.7 Å². The molecular formula is C11H15NO2Si. The first-order valence-electron chi connectivity index (χ1n) is 5.46. The Labute approximate surface area is 90.1 Å². The van der Waals surface area contributed by atoms with Gasteiger partial charge in [-0.25, -0.2) is 0 Å². The van der Waals surface area contributed by atoms with Crippen LogP contribution < -0.4 is 0 Å². The average Bonchev–Trinajstić information content (AvgIpc) is 2.69. The van der Waals surface area contributed by atoms with Crippen LogP contribution in [0.4, 0.5) is 0 Å². The summed E-state index contributed by atoms with van der Waals surface area (Å²) in [5, 5.41) is 0. The minimum absolute atomic E-state index is 0.0147. The van der Waals surface area contributed by atoms with Crippen molar-refractivity contribution in [3.8, 4) is 0 Å². The van der Waals surface area contributed by atoms with E-state index in [1.54, 1.807) is 7.05 Å². The van der Waals surface area contributed by atoms with Gasteiger partial charge in [-0.3, -0.25) is 14.5 Å². The van der Waals surface area contributed by atoms with Crippen LogP contribution in [-0.4, -0.2) is 31.8 Å². The van der Waals surface area contributed by atoms with Crippen molar-refractivity contribution in [3.63, 3.8) is 0 Å². The molecule has 0 spiro atoms. The third kappa shape index (κ3) is 0.829. The smallest absolute Gasteiger partial charge is 0.233 e. The summed E-state index contributed by atoms with van der Waals surface area (Å²) in [6.45, 7) is 4.61. The Kier molecular flexibility index (Phi) is 1.51. The molecule has 0 unspecified atom stereocenters. The van der Waals surface area contributed by atoms with Crippen LogP contribution in [-0.2, 0) is 9.59 Å². The lowest BCUT2D eigenvalue weighted by Crippen LogP contribution is -2.36. The minimum Gasteiger partial charge on any atom is -0.285 e. The highest BCUT2D eigenvalue weighted by Crippen LogP contribution is 2.62. The molecule has 4 atom stereocenters. The summed E-state index contributed by atoms with van der Waals surface area (Å²) in [6, 6.07) is 0. The van der Waals surface area contributed by atoms with Gasteiger partial charge in [-0.2, -0.15) is 0 Å². The molecular weight excluding hydrogens is 206 g/mol. The third-order valence-corrected chi connectivity index (χ3v) is 9.18. The van der Waals surface area contributed by atoms with Crippen LogP contribution in [0.15, 0.2) is 12.2 Å². The van der Waals surface area contributed by atoms with Gasteiger partial charge in [-0.05, 0) is 11.1 Å². The number of carbonyl (C=O) groups is 2. The average molecular weight is 221 g/mol. The first-order chi connectivity index (χ1) is 6.96. The molecule has 0 aromatic rings. The molecule has 0 aliphatic carbocycles. The monoisotopic (exact) mass is 221 g/mol. The predicted molar refractivity (Wildman–Crippen MR) is 58.9 cm³/mol. The lowest BCUT2D eigenvalue weighted by molar-refractivity contribution is -0.138. The fourth-order valence-electron chi connectivity index (χ4n) is 3.74. The van der Waals surface area contributed by atoms with E-state index in [1.807, 2.05) is 0 Å². The molecule has 3 rings (SSSR count). The summed E-state index contributed by atoms with van der Waals surface area (Å²) in [6.07, 6.45) is 4.39. The van der Waals surface area contributed by atoms with Gasteiger partial charge >= 0.3 is 0 Å². The van der Waals surface area contributed by atoms with Gasteiger partial charge in [-0.1, -0.05) is 25.2 Å². The van der Waals surface area contributed by atoms with E-state index < -0.39 is 8.07 Å². The molecule has 3 nitrogen and oxygen atoms in total. The molecule has 4 heteroatoms. The SMILES string of the molecule is CN1C(=O)[C@@H]2[C@H](C1=O)[C@@H]1C=C[C@H]2[Si]1(C)C. The van der Waals surface area contributed by atoms with Gasteiger partial charge in [0, 0.05) is 7.05 Å². The summed E-state index contributed by atoms with van der Waals surface area (Å²) in [7, 11) is 0.198. The number of hydrogen-bond donors (Lipinski definition) is 0. The van der Waals surface area contributed by atoms with Crippen LogP contribution in [0.1, 0.15) is 0 Å². The molecule has 0 aromatic heterocycles. The highest BCUT2D eigenvalue weighted by molar-refractivity contribution is 6.83. The summed E-state index contributed by atoms with van der Waals surface area (Å²) >= 11 is 0. The van der Waals surface area contributed by atoms with Gasteiger partial charge in [0.15, 0.2) is 0 Å². The van der Waals surface area contributed by atoms with Crippen molar-refractivity contribution < 1.29 is 9.59 Å². The number of fused-ring (bicyclic) bond motifs is 5. The van der Waals surface area contributed by atoms with E-state index in [9.17, 15) is 9.59 Å². The number of hydrogen-bond acceptors (Lipinski definition) is 2. The van der Waals surface area contributed by atoms with Gasteiger partial charge in [0.2, 0.25) is 11.8 Å². The van der Waals surface area contributed by atoms with E-state index in [0.717, 1.165) is 0 Å².